The fraction of sp³-hybridized carbons (Fsp3) is 0.562. The van der Waals surface area contributed by atoms with E-state index in [1.165, 1.54) is 29.4 Å². The third kappa shape index (κ3) is 3.38. The van der Waals surface area contributed by atoms with Crippen molar-refractivity contribution in [2.45, 2.75) is 44.9 Å². The Hall–Kier alpha value is -0.830. The number of alkyl halides is 1. The Morgan fingerprint density at radius 3 is 2.63 bits per heavy atom. The number of nitrogens with zero attached hydrogens (tertiary/aromatic N) is 2. The molecule has 2 nitrogen and oxygen atoms in total. The minimum Gasteiger partial charge on any atom is -0.268 e. The molecule has 1 heterocycles. The van der Waals surface area contributed by atoms with E-state index in [0.29, 0.717) is 10.2 Å². The van der Waals surface area contributed by atoms with Gasteiger partial charge in [-0.1, -0.05) is 54.9 Å². The summed E-state index contributed by atoms with van der Waals surface area (Å²) in [7, 11) is 2.02. The van der Waals surface area contributed by atoms with Crippen molar-refractivity contribution in [3.05, 3.63) is 30.0 Å². The number of hydrogen-bond acceptors (Lipinski definition) is 1. The van der Waals surface area contributed by atoms with Crippen LogP contribution in [0.15, 0.2) is 24.3 Å². The van der Waals surface area contributed by atoms with Crippen LogP contribution in [-0.2, 0) is 13.5 Å². The molecule has 0 spiro atoms. The molecule has 0 saturated carbocycles. The lowest BCUT2D eigenvalue weighted by atomic mass is 9.89. The molecule has 0 fully saturated rings. The van der Waals surface area contributed by atoms with E-state index in [0.717, 1.165) is 6.42 Å². The Kier molecular flexibility index (Phi) is 4.34. The highest BCUT2D eigenvalue weighted by Crippen LogP contribution is 2.30. The van der Waals surface area contributed by atoms with Crippen molar-refractivity contribution in [2.75, 3.05) is 0 Å². The van der Waals surface area contributed by atoms with Crippen LogP contribution in [-0.4, -0.2) is 14.6 Å². The van der Waals surface area contributed by atoms with E-state index < -0.39 is 0 Å². The van der Waals surface area contributed by atoms with Gasteiger partial charge in [0.25, 0.3) is 0 Å². The Morgan fingerprint density at radius 1 is 1.26 bits per heavy atom. The number of aryl methyl sites for hydroxylation is 2. The van der Waals surface area contributed by atoms with Crippen molar-refractivity contribution in [3.63, 3.8) is 0 Å². The fourth-order valence-electron chi connectivity index (χ4n) is 2.36. The molecule has 2 rings (SSSR count). The smallest absolute Gasteiger partial charge is 0.0703 e. The van der Waals surface area contributed by atoms with E-state index >= 15 is 0 Å². The van der Waals surface area contributed by atoms with Gasteiger partial charge in [0.05, 0.1) is 11.2 Å². The average Bonchev–Trinajstić information content (AvgIpc) is 2.66. The first-order valence-corrected chi connectivity index (χ1v) is 7.86. The molecule has 0 amide bonds. The molecule has 1 aromatic heterocycles. The van der Waals surface area contributed by atoms with Crippen LogP contribution in [0.25, 0.3) is 10.9 Å². The Labute approximate surface area is 124 Å². The molecule has 0 aliphatic heterocycles. The van der Waals surface area contributed by atoms with E-state index in [4.69, 9.17) is 0 Å². The monoisotopic (exact) mass is 322 g/mol. The lowest BCUT2D eigenvalue weighted by Gasteiger charge is -2.25. The van der Waals surface area contributed by atoms with E-state index in [1.807, 2.05) is 11.7 Å². The van der Waals surface area contributed by atoms with Crippen LogP contribution in [0.2, 0.25) is 0 Å². The van der Waals surface area contributed by atoms with Crippen LogP contribution < -0.4 is 0 Å². The highest BCUT2D eigenvalue weighted by atomic mass is 79.9. The van der Waals surface area contributed by atoms with Gasteiger partial charge < -0.3 is 0 Å². The summed E-state index contributed by atoms with van der Waals surface area (Å²) in [6, 6.07) is 8.47. The largest absolute Gasteiger partial charge is 0.268 e. The Morgan fingerprint density at radius 2 is 1.95 bits per heavy atom. The summed E-state index contributed by atoms with van der Waals surface area (Å²) in [4.78, 5) is 0.565. The van der Waals surface area contributed by atoms with Crippen LogP contribution in [0.3, 0.4) is 0 Å². The SMILES string of the molecule is Cn1nc(CCCC(Br)C(C)(C)C)c2ccccc21. The van der Waals surface area contributed by atoms with E-state index in [2.05, 4.69) is 66.1 Å². The van der Waals surface area contributed by atoms with Gasteiger partial charge in [-0.05, 0) is 30.7 Å². The number of halogens is 1. The minimum absolute atomic E-state index is 0.326. The van der Waals surface area contributed by atoms with Crippen molar-refractivity contribution >= 4 is 26.8 Å². The summed E-state index contributed by atoms with van der Waals surface area (Å²) in [6.07, 6.45) is 3.42. The number of para-hydroxylation sites is 1. The fourth-order valence-corrected chi connectivity index (χ4v) is 2.68. The normalized spacial score (nSPS) is 13.9. The summed E-state index contributed by atoms with van der Waals surface area (Å²) >= 11 is 3.80. The molecule has 1 atom stereocenters. The molecule has 3 heteroatoms. The zero-order chi connectivity index (χ0) is 14.0. The summed E-state index contributed by atoms with van der Waals surface area (Å²) in [5.41, 5.74) is 2.78. The molecule has 0 aliphatic carbocycles. The van der Waals surface area contributed by atoms with Crippen molar-refractivity contribution in [3.8, 4) is 0 Å². The molecular formula is C16H23BrN2. The van der Waals surface area contributed by atoms with Gasteiger partial charge in [0.15, 0.2) is 0 Å². The maximum atomic E-state index is 4.65. The Balaban J connectivity index is 2.03. The lowest BCUT2D eigenvalue weighted by Crippen LogP contribution is -2.20. The second-order valence-electron chi connectivity index (χ2n) is 6.31. The highest BCUT2D eigenvalue weighted by Gasteiger charge is 2.21. The minimum atomic E-state index is 0.326. The van der Waals surface area contributed by atoms with Crippen LogP contribution in [0, 0.1) is 5.41 Å². The van der Waals surface area contributed by atoms with Gasteiger partial charge in [0, 0.05) is 17.3 Å². The molecule has 0 saturated heterocycles. The van der Waals surface area contributed by atoms with Gasteiger partial charge in [-0.3, -0.25) is 4.68 Å². The molecule has 1 aromatic carbocycles. The van der Waals surface area contributed by atoms with Crippen LogP contribution in [0.4, 0.5) is 0 Å². The third-order valence-electron chi connectivity index (χ3n) is 3.65. The van der Waals surface area contributed by atoms with Crippen LogP contribution in [0.5, 0.6) is 0 Å². The zero-order valence-corrected chi connectivity index (χ0v) is 13.9. The first-order chi connectivity index (χ1) is 8.89. The second-order valence-corrected chi connectivity index (χ2v) is 7.42. The molecule has 2 aromatic rings. The maximum Gasteiger partial charge on any atom is 0.0703 e. The Bertz CT molecular complexity index is 551. The second kappa shape index (κ2) is 5.66. The standard InChI is InChI=1S/C16H23BrN2/c1-16(2,3)15(17)11-7-9-13-12-8-5-6-10-14(12)19(4)18-13/h5-6,8,10,15H,7,9,11H2,1-4H3. The van der Waals surface area contributed by atoms with Gasteiger partial charge in [-0.2, -0.15) is 5.10 Å². The summed E-state index contributed by atoms with van der Waals surface area (Å²) in [5, 5.41) is 5.95. The topological polar surface area (TPSA) is 17.8 Å². The van der Waals surface area contributed by atoms with Gasteiger partial charge in [-0.15, -0.1) is 0 Å². The van der Waals surface area contributed by atoms with Crippen LogP contribution in [0.1, 0.15) is 39.3 Å². The summed E-state index contributed by atoms with van der Waals surface area (Å²) < 4.78 is 1.99. The zero-order valence-electron chi connectivity index (χ0n) is 12.3. The molecule has 0 bridgehead atoms. The number of fused-ring (bicyclic) bond motifs is 1. The predicted octanol–water partition coefficient (Wildman–Crippen LogP) is 4.71. The molecule has 104 valence electrons. The summed E-state index contributed by atoms with van der Waals surface area (Å²) in [6.45, 7) is 6.84. The molecule has 0 aliphatic rings. The first-order valence-electron chi connectivity index (χ1n) is 6.94. The van der Waals surface area contributed by atoms with Gasteiger partial charge >= 0.3 is 0 Å². The van der Waals surface area contributed by atoms with Crippen molar-refractivity contribution < 1.29 is 0 Å². The average molecular weight is 323 g/mol. The molecule has 19 heavy (non-hydrogen) atoms. The van der Waals surface area contributed by atoms with E-state index in [-0.39, 0.29) is 0 Å². The van der Waals surface area contributed by atoms with Crippen molar-refractivity contribution in [1.82, 2.24) is 9.78 Å². The van der Waals surface area contributed by atoms with Crippen molar-refractivity contribution in [1.29, 1.82) is 0 Å². The quantitative estimate of drug-likeness (QED) is 0.745. The molecule has 0 radical (unpaired) electrons. The molecule has 0 N–H and O–H groups in total. The van der Waals surface area contributed by atoms with Crippen LogP contribution >= 0.6 is 15.9 Å². The lowest BCUT2D eigenvalue weighted by molar-refractivity contribution is 0.380. The highest BCUT2D eigenvalue weighted by molar-refractivity contribution is 9.09. The number of hydrogen-bond donors (Lipinski definition) is 0. The van der Waals surface area contributed by atoms with Gasteiger partial charge in [0.1, 0.15) is 0 Å². The van der Waals surface area contributed by atoms with Gasteiger partial charge in [0.2, 0.25) is 0 Å². The van der Waals surface area contributed by atoms with Crippen molar-refractivity contribution in [2.24, 2.45) is 12.5 Å². The molecular weight excluding hydrogens is 300 g/mol. The summed E-state index contributed by atoms with van der Waals surface area (Å²) in [5.74, 6) is 0. The number of aromatic nitrogens is 2. The number of rotatable bonds is 4. The third-order valence-corrected chi connectivity index (χ3v) is 5.48. The first kappa shape index (κ1) is 14.6. The van der Waals surface area contributed by atoms with E-state index in [1.54, 1.807) is 0 Å². The van der Waals surface area contributed by atoms with E-state index in [9.17, 15) is 0 Å². The number of benzene rings is 1. The molecule has 1 unspecified atom stereocenters. The maximum absolute atomic E-state index is 4.65. The van der Waals surface area contributed by atoms with Gasteiger partial charge in [-0.25, -0.2) is 0 Å². The predicted molar refractivity (Wildman–Crippen MR) is 85.8 cm³/mol.